The molecule has 3 rings (SSSR count). The fourth-order valence-electron chi connectivity index (χ4n) is 2.55. The highest BCUT2D eigenvalue weighted by Crippen LogP contribution is 2.40. The van der Waals surface area contributed by atoms with Crippen molar-refractivity contribution in [2.75, 3.05) is 12.1 Å². The summed E-state index contributed by atoms with van der Waals surface area (Å²) in [4.78, 5) is 24.7. The van der Waals surface area contributed by atoms with Crippen LogP contribution in [-0.4, -0.2) is 34.6 Å². The molecule has 2 aromatic rings. The molecule has 0 unspecified atom stereocenters. The lowest BCUT2D eigenvalue weighted by Gasteiger charge is -2.14. The van der Waals surface area contributed by atoms with Gasteiger partial charge in [0.15, 0.2) is 17.6 Å². The summed E-state index contributed by atoms with van der Waals surface area (Å²) in [5.41, 5.74) is 2.26. The van der Waals surface area contributed by atoms with Crippen LogP contribution in [0.15, 0.2) is 12.1 Å². The van der Waals surface area contributed by atoms with E-state index in [9.17, 15) is 9.59 Å². The Bertz CT molecular complexity index is 893. The van der Waals surface area contributed by atoms with Gasteiger partial charge in [0.2, 0.25) is 6.79 Å². The van der Waals surface area contributed by atoms with Crippen LogP contribution >= 0.6 is 11.6 Å². The second-order valence-corrected chi connectivity index (χ2v) is 6.31. The third-order valence-electron chi connectivity index (χ3n) is 4.07. The van der Waals surface area contributed by atoms with Gasteiger partial charge in [-0.15, -0.1) is 0 Å². The summed E-state index contributed by atoms with van der Waals surface area (Å²) in [7, 11) is 1.78. The summed E-state index contributed by atoms with van der Waals surface area (Å²) < 4.78 is 17.3. The highest BCUT2D eigenvalue weighted by Gasteiger charge is 2.25. The van der Waals surface area contributed by atoms with E-state index in [4.69, 9.17) is 25.8 Å². The molecule has 0 saturated carbocycles. The zero-order valence-electron chi connectivity index (χ0n) is 14.8. The molecule has 1 aliphatic heterocycles. The van der Waals surface area contributed by atoms with E-state index < -0.39 is 18.0 Å². The van der Waals surface area contributed by atoms with Gasteiger partial charge < -0.3 is 19.5 Å². The Kier molecular flexibility index (Phi) is 4.78. The predicted molar refractivity (Wildman–Crippen MR) is 93.8 cm³/mol. The van der Waals surface area contributed by atoms with Gasteiger partial charge in [-0.2, -0.15) is 5.10 Å². The first kappa shape index (κ1) is 18.1. The molecule has 1 N–H and O–H groups in total. The van der Waals surface area contributed by atoms with Crippen molar-refractivity contribution in [3.63, 3.8) is 0 Å². The molecule has 1 aromatic carbocycles. The van der Waals surface area contributed by atoms with Crippen molar-refractivity contribution >= 4 is 29.2 Å². The first-order valence-corrected chi connectivity index (χ1v) is 8.27. The number of esters is 1. The molecule has 2 heterocycles. The number of anilines is 1. The van der Waals surface area contributed by atoms with Crippen LogP contribution in [0.4, 0.5) is 5.69 Å². The van der Waals surface area contributed by atoms with Gasteiger partial charge in [-0.05, 0) is 32.9 Å². The molecule has 9 heteroatoms. The molecular formula is C17H18ClN3O5. The Hall–Kier alpha value is -2.74. The van der Waals surface area contributed by atoms with Crippen LogP contribution in [0.3, 0.4) is 0 Å². The lowest BCUT2D eigenvalue weighted by molar-refractivity contribution is -0.123. The molecule has 8 nitrogen and oxygen atoms in total. The summed E-state index contributed by atoms with van der Waals surface area (Å²) in [6.45, 7) is 5.15. The summed E-state index contributed by atoms with van der Waals surface area (Å²) in [5, 5.41) is 7.21. The molecule has 138 valence electrons. The maximum absolute atomic E-state index is 12.4. The topological polar surface area (TPSA) is 91.7 Å². The van der Waals surface area contributed by atoms with E-state index in [0.717, 1.165) is 5.69 Å². The van der Waals surface area contributed by atoms with E-state index in [2.05, 4.69) is 10.4 Å². The monoisotopic (exact) mass is 379 g/mol. The Morgan fingerprint density at radius 3 is 2.73 bits per heavy atom. The summed E-state index contributed by atoms with van der Waals surface area (Å²) in [5.74, 6) is -0.392. The van der Waals surface area contributed by atoms with Gasteiger partial charge in [-0.1, -0.05) is 11.6 Å². The zero-order valence-corrected chi connectivity index (χ0v) is 15.5. The average molecular weight is 380 g/mol. The number of nitrogens with zero attached hydrogens (tertiary/aromatic N) is 2. The lowest BCUT2D eigenvalue weighted by Crippen LogP contribution is -2.30. The third kappa shape index (κ3) is 3.32. The zero-order chi connectivity index (χ0) is 19.0. The molecular weight excluding hydrogens is 362 g/mol. The molecule has 1 amide bonds. The van der Waals surface area contributed by atoms with E-state index in [1.54, 1.807) is 18.7 Å². The SMILES string of the molecule is Cc1nn(C)c(C)c1NC(=O)[C@@H](C)OC(=O)c1cc(Cl)c2c(c1)OCO2. The number of nitrogens with one attached hydrogen (secondary N) is 1. The van der Waals surface area contributed by atoms with Crippen LogP contribution in [0.1, 0.15) is 28.7 Å². The minimum absolute atomic E-state index is 0.0379. The number of amides is 1. The number of ether oxygens (including phenoxy) is 3. The molecule has 0 radical (unpaired) electrons. The van der Waals surface area contributed by atoms with Gasteiger partial charge in [-0.3, -0.25) is 9.48 Å². The average Bonchev–Trinajstić information content (AvgIpc) is 3.15. The largest absolute Gasteiger partial charge is 0.454 e. The van der Waals surface area contributed by atoms with Gasteiger partial charge >= 0.3 is 5.97 Å². The van der Waals surface area contributed by atoms with E-state index in [1.807, 2.05) is 6.92 Å². The van der Waals surface area contributed by atoms with E-state index in [-0.39, 0.29) is 17.4 Å². The lowest BCUT2D eigenvalue weighted by atomic mass is 10.2. The number of aryl methyl sites for hydroxylation is 2. The summed E-state index contributed by atoms with van der Waals surface area (Å²) >= 11 is 6.06. The van der Waals surface area contributed by atoms with Crippen molar-refractivity contribution in [3.8, 4) is 11.5 Å². The first-order chi connectivity index (χ1) is 12.3. The Morgan fingerprint density at radius 2 is 2.08 bits per heavy atom. The van der Waals surface area contributed by atoms with Gasteiger partial charge in [0.1, 0.15) is 0 Å². The minimum Gasteiger partial charge on any atom is -0.454 e. The minimum atomic E-state index is -1.01. The van der Waals surface area contributed by atoms with Crippen LogP contribution in [0.25, 0.3) is 0 Å². The first-order valence-electron chi connectivity index (χ1n) is 7.89. The fourth-order valence-corrected chi connectivity index (χ4v) is 2.81. The Labute approximate surface area is 155 Å². The quantitative estimate of drug-likeness (QED) is 0.821. The van der Waals surface area contributed by atoms with Crippen molar-refractivity contribution in [3.05, 3.63) is 34.1 Å². The van der Waals surface area contributed by atoms with Crippen LogP contribution in [0.2, 0.25) is 5.02 Å². The van der Waals surface area contributed by atoms with E-state index in [0.29, 0.717) is 22.9 Å². The molecule has 1 aromatic heterocycles. The molecule has 1 atom stereocenters. The smallest absolute Gasteiger partial charge is 0.339 e. The Morgan fingerprint density at radius 1 is 1.35 bits per heavy atom. The van der Waals surface area contributed by atoms with Crippen molar-refractivity contribution in [2.24, 2.45) is 7.05 Å². The standard InChI is InChI=1S/C17H18ClN3O5/c1-8-14(9(2)21(4)20-8)19-16(22)10(3)26-17(23)11-5-12(18)15-13(6-11)24-7-25-15/h5-6,10H,7H2,1-4H3,(H,19,22)/t10-/m1/s1. The van der Waals surface area contributed by atoms with Gasteiger partial charge in [0, 0.05) is 7.05 Å². The van der Waals surface area contributed by atoms with Gasteiger partial charge in [-0.25, -0.2) is 4.79 Å². The molecule has 0 bridgehead atoms. The van der Waals surface area contributed by atoms with Crippen molar-refractivity contribution in [1.29, 1.82) is 0 Å². The maximum Gasteiger partial charge on any atom is 0.339 e. The normalized spacial score (nSPS) is 13.4. The molecule has 1 aliphatic rings. The van der Waals surface area contributed by atoms with E-state index in [1.165, 1.54) is 19.1 Å². The van der Waals surface area contributed by atoms with Gasteiger partial charge in [0.25, 0.3) is 5.91 Å². The highest BCUT2D eigenvalue weighted by molar-refractivity contribution is 6.32. The molecule has 0 spiro atoms. The Balaban J connectivity index is 1.69. The van der Waals surface area contributed by atoms with Crippen LogP contribution in [0.5, 0.6) is 11.5 Å². The van der Waals surface area contributed by atoms with Gasteiger partial charge in [0.05, 0.1) is 27.7 Å². The number of rotatable bonds is 4. The van der Waals surface area contributed by atoms with Crippen LogP contribution in [0, 0.1) is 13.8 Å². The number of halogens is 1. The molecule has 0 fully saturated rings. The summed E-state index contributed by atoms with van der Waals surface area (Å²) in [6, 6.07) is 2.88. The number of carbonyl (C=O) groups excluding carboxylic acids is 2. The van der Waals surface area contributed by atoms with Crippen molar-refractivity contribution in [2.45, 2.75) is 26.9 Å². The summed E-state index contributed by atoms with van der Waals surface area (Å²) in [6.07, 6.45) is -1.01. The second-order valence-electron chi connectivity index (χ2n) is 5.90. The fraction of sp³-hybridized carbons (Fsp3) is 0.353. The van der Waals surface area contributed by atoms with Crippen LogP contribution < -0.4 is 14.8 Å². The van der Waals surface area contributed by atoms with Crippen molar-refractivity contribution < 1.29 is 23.8 Å². The number of carbonyl (C=O) groups is 2. The molecule has 0 aliphatic carbocycles. The number of fused-ring (bicyclic) bond motifs is 1. The highest BCUT2D eigenvalue weighted by atomic mass is 35.5. The number of hydrogen-bond donors (Lipinski definition) is 1. The number of benzene rings is 1. The molecule has 0 saturated heterocycles. The van der Waals surface area contributed by atoms with Crippen LogP contribution in [-0.2, 0) is 16.6 Å². The van der Waals surface area contributed by atoms with E-state index >= 15 is 0 Å². The maximum atomic E-state index is 12.4. The predicted octanol–water partition coefficient (Wildman–Crippen LogP) is 2.60. The van der Waals surface area contributed by atoms with Crippen molar-refractivity contribution in [1.82, 2.24) is 9.78 Å². The number of aromatic nitrogens is 2. The second kappa shape index (κ2) is 6.87. The third-order valence-corrected chi connectivity index (χ3v) is 4.35. The number of hydrogen-bond acceptors (Lipinski definition) is 6. The molecule has 26 heavy (non-hydrogen) atoms.